The van der Waals surface area contributed by atoms with Gasteiger partial charge in [-0.2, -0.15) is 0 Å². The minimum Gasteiger partial charge on any atom is -0.397 e. The van der Waals surface area contributed by atoms with Gasteiger partial charge in [0, 0.05) is 23.3 Å². The topological polar surface area (TPSA) is 57.6 Å². The first-order valence-corrected chi connectivity index (χ1v) is 16.8. The van der Waals surface area contributed by atoms with Crippen LogP contribution in [0.4, 0.5) is 5.69 Å². The number of aryl methyl sites for hydroxylation is 6. The fraction of sp³-hybridized carbons (Fsp3) is 0.200. The summed E-state index contributed by atoms with van der Waals surface area (Å²) in [5, 5.41) is 7.57. The lowest BCUT2D eigenvalue weighted by molar-refractivity contribution is -0.113. The predicted molar refractivity (Wildman–Crippen MR) is 205 cm³/mol. The van der Waals surface area contributed by atoms with Crippen LogP contribution >= 0.6 is 0 Å². The Morgan fingerprint density at radius 3 is 1.67 bits per heavy atom. The van der Waals surface area contributed by atoms with E-state index in [2.05, 4.69) is 102 Å². The number of hydrogen-bond donors (Lipinski definition) is 1. The molecule has 49 heavy (non-hydrogen) atoms. The van der Waals surface area contributed by atoms with Crippen LogP contribution in [0, 0.1) is 41.5 Å². The third kappa shape index (κ3) is 7.40. The lowest BCUT2D eigenvalue weighted by atomic mass is 9.98. The van der Waals surface area contributed by atoms with Crippen molar-refractivity contribution in [2.75, 3.05) is 11.5 Å². The molecule has 0 unspecified atom stereocenters. The predicted octanol–water partition coefficient (Wildman–Crippen LogP) is 10.3. The molecule has 1 amide bonds. The highest BCUT2D eigenvalue weighted by atomic mass is 16.2. The zero-order valence-corrected chi connectivity index (χ0v) is 29.6. The first-order valence-electron chi connectivity index (χ1n) is 16.8. The van der Waals surface area contributed by atoms with Crippen LogP contribution in [0.2, 0.25) is 0 Å². The maximum atomic E-state index is 13.6. The standard InChI is InChI=1S/C29H25NO.C14H14O.C2H6O/c1-19-15-20(2)24-14-13-23(28(24)21(3)16-19)17-26-25-11-7-8-12-27(25)30(29(26)31)18-22-9-5-4-6-10-22;1-9-6-10(2)13-5-4-12(8-15)14(13)11(3)7-9;1-2-3/h4-17H,18H2,1-3H3;4-8H,1-3H3;3H,2H2,1H3/b26-17+;;. The second kappa shape index (κ2) is 15.3. The van der Waals surface area contributed by atoms with Crippen molar-refractivity contribution in [3.8, 4) is 22.3 Å². The molecule has 0 bridgehead atoms. The average molecular weight is 648 g/mol. The second-order valence-electron chi connectivity index (χ2n) is 12.8. The SMILES string of the molecule is CCO.Cc1cc(C)c2ccc(/C=C3/C(=O)N(Cc4ccccc4)c4ccccc43)c-2c(C)c1.Cc1cc(C)c2ccc(C=O)c-2c(C)c1. The lowest BCUT2D eigenvalue weighted by Crippen LogP contribution is -2.25. The Morgan fingerprint density at radius 1 is 0.612 bits per heavy atom. The highest BCUT2D eigenvalue weighted by Crippen LogP contribution is 2.41. The van der Waals surface area contributed by atoms with Crippen molar-refractivity contribution >= 4 is 29.5 Å². The number of amides is 1. The molecule has 1 aliphatic heterocycles. The van der Waals surface area contributed by atoms with Crippen LogP contribution in [0.15, 0.2) is 103 Å². The number of anilines is 1. The summed E-state index contributed by atoms with van der Waals surface area (Å²) in [4.78, 5) is 26.4. The third-order valence-corrected chi connectivity index (χ3v) is 8.96. The summed E-state index contributed by atoms with van der Waals surface area (Å²) in [6.45, 7) is 15.2. The van der Waals surface area contributed by atoms with Crippen LogP contribution in [0.25, 0.3) is 33.9 Å². The number of aliphatic hydroxyl groups excluding tert-OH is 1. The summed E-state index contributed by atoms with van der Waals surface area (Å²) in [7, 11) is 0. The second-order valence-corrected chi connectivity index (χ2v) is 12.8. The van der Waals surface area contributed by atoms with Gasteiger partial charge < -0.3 is 10.0 Å². The molecular formula is C45H45NO3. The zero-order valence-electron chi connectivity index (χ0n) is 29.6. The molecule has 2 aromatic rings. The highest BCUT2D eigenvalue weighted by molar-refractivity contribution is 6.36. The monoisotopic (exact) mass is 647 g/mol. The first-order chi connectivity index (χ1) is 23.6. The van der Waals surface area contributed by atoms with E-state index in [9.17, 15) is 9.59 Å². The van der Waals surface area contributed by atoms with Crippen molar-refractivity contribution in [1.29, 1.82) is 0 Å². The number of fused-ring (bicyclic) bond motifs is 3. The number of aliphatic hydroxyl groups is 1. The number of para-hydroxylation sites is 1. The Kier molecular flexibility index (Phi) is 10.9. The van der Waals surface area contributed by atoms with Gasteiger partial charge in [-0.1, -0.05) is 108 Å². The average Bonchev–Trinajstić information content (AvgIpc) is 3.73. The van der Waals surface area contributed by atoms with E-state index in [-0.39, 0.29) is 12.5 Å². The molecule has 0 saturated heterocycles. The van der Waals surface area contributed by atoms with E-state index in [0.29, 0.717) is 6.54 Å². The van der Waals surface area contributed by atoms with Crippen LogP contribution in [0.5, 0.6) is 0 Å². The number of hydrogen-bond acceptors (Lipinski definition) is 3. The Hall–Kier alpha value is -5.32. The number of carbonyl (C=O) groups is 2. The van der Waals surface area contributed by atoms with E-state index in [0.717, 1.165) is 45.4 Å². The van der Waals surface area contributed by atoms with Crippen molar-refractivity contribution in [2.45, 2.75) is 55.0 Å². The van der Waals surface area contributed by atoms with Crippen molar-refractivity contribution in [3.05, 3.63) is 159 Å². The van der Waals surface area contributed by atoms with Crippen molar-refractivity contribution in [2.24, 2.45) is 0 Å². The molecule has 0 saturated carbocycles. The van der Waals surface area contributed by atoms with Crippen molar-refractivity contribution in [3.63, 3.8) is 0 Å². The van der Waals surface area contributed by atoms with E-state index in [1.165, 1.54) is 50.1 Å². The summed E-state index contributed by atoms with van der Waals surface area (Å²) < 4.78 is 0. The summed E-state index contributed by atoms with van der Waals surface area (Å²) in [6, 6.07) is 35.2. The Balaban J connectivity index is 0.000000217. The molecule has 0 aromatic heterocycles. The van der Waals surface area contributed by atoms with Crippen LogP contribution < -0.4 is 4.90 Å². The minimum atomic E-state index is 0.0604. The molecule has 4 aliphatic carbocycles. The van der Waals surface area contributed by atoms with Gasteiger partial charge in [-0.05, 0) is 116 Å². The molecule has 2 aromatic carbocycles. The molecule has 7 rings (SSSR count). The Labute approximate surface area is 291 Å². The summed E-state index contributed by atoms with van der Waals surface area (Å²) in [5.74, 6) is 0.0604. The fourth-order valence-corrected chi connectivity index (χ4v) is 7.02. The largest absolute Gasteiger partial charge is 0.397 e. The molecule has 1 heterocycles. The molecule has 4 heteroatoms. The van der Waals surface area contributed by atoms with Crippen molar-refractivity contribution < 1.29 is 14.7 Å². The number of aldehydes is 1. The Bertz CT molecular complexity index is 2090. The van der Waals surface area contributed by atoms with Crippen LogP contribution in [-0.4, -0.2) is 23.9 Å². The lowest BCUT2D eigenvalue weighted by Gasteiger charge is -2.17. The van der Waals surface area contributed by atoms with E-state index in [1.54, 1.807) is 6.92 Å². The van der Waals surface area contributed by atoms with Gasteiger partial charge in [0.15, 0.2) is 6.29 Å². The van der Waals surface area contributed by atoms with Gasteiger partial charge in [0.25, 0.3) is 5.91 Å². The smallest absolute Gasteiger partial charge is 0.259 e. The van der Waals surface area contributed by atoms with E-state index >= 15 is 0 Å². The molecule has 0 fully saturated rings. The molecule has 0 atom stereocenters. The van der Waals surface area contributed by atoms with Gasteiger partial charge in [0.2, 0.25) is 0 Å². The minimum absolute atomic E-state index is 0.0604. The van der Waals surface area contributed by atoms with Gasteiger partial charge in [0.05, 0.1) is 12.2 Å². The number of benzene rings is 2. The fourth-order valence-electron chi connectivity index (χ4n) is 7.02. The molecule has 0 radical (unpaired) electrons. The number of carbonyl (C=O) groups excluding carboxylic acids is 2. The Morgan fingerprint density at radius 2 is 1.10 bits per heavy atom. The number of nitrogens with zero attached hydrogens (tertiary/aromatic N) is 1. The van der Waals surface area contributed by atoms with Gasteiger partial charge in [-0.3, -0.25) is 9.59 Å². The van der Waals surface area contributed by atoms with Crippen LogP contribution in [0.1, 0.15) is 67.4 Å². The molecule has 248 valence electrons. The third-order valence-electron chi connectivity index (χ3n) is 8.96. The number of rotatable bonds is 4. The van der Waals surface area contributed by atoms with Gasteiger partial charge in [-0.15, -0.1) is 0 Å². The quantitative estimate of drug-likeness (QED) is 0.153. The molecule has 0 spiro atoms. The zero-order chi connectivity index (χ0) is 35.2. The van der Waals surface area contributed by atoms with Crippen LogP contribution in [-0.2, 0) is 11.3 Å². The van der Waals surface area contributed by atoms with E-state index in [4.69, 9.17) is 5.11 Å². The molecule has 1 N–H and O–H groups in total. The summed E-state index contributed by atoms with van der Waals surface area (Å²) in [5.41, 5.74) is 17.9. The van der Waals surface area contributed by atoms with Gasteiger partial charge in [-0.25, -0.2) is 0 Å². The molecular weight excluding hydrogens is 602 g/mol. The molecule has 4 nitrogen and oxygen atoms in total. The van der Waals surface area contributed by atoms with E-state index < -0.39 is 0 Å². The van der Waals surface area contributed by atoms with Crippen LogP contribution in [0.3, 0.4) is 0 Å². The maximum Gasteiger partial charge on any atom is 0.259 e. The van der Waals surface area contributed by atoms with Crippen molar-refractivity contribution in [1.82, 2.24) is 0 Å². The first kappa shape index (κ1) is 35.0. The normalized spacial score (nSPS) is 12.8. The van der Waals surface area contributed by atoms with Gasteiger partial charge in [0.1, 0.15) is 0 Å². The maximum absolute atomic E-state index is 13.6. The highest BCUT2D eigenvalue weighted by Gasteiger charge is 2.32. The summed E-state index contributed by atoms with van der Waals surface area (Å²) >= 11 is 0. The summed E-state index contributed by atoms with van der Waals surface area (Å²) in [6.07, 6.45) is 3.01. The van der Waals surface area contributed by atoms with Gasteiger partial charge >= 0.3 is 0 Å². The molecule has 5 aliphatic rings. The van der Waals surface area contributed by atoms with E-state index in [1.807, 2.05) is 53.4 Å².